The summed E-state index contributed by atoms with van der Waals surface area (Å²) >= 11 is 0. The van der Waals surface area contributed by atoms with Gasteiger partial charge >= 0.3 is 0 Å². The number of unbranched alkanes of at least 4 members (excludes halogenated alkanes) is 1. The van der Waals surface area contributed by atoms with Gasteiger partial charge in [0.25, 0.3) is 0 Å². The highest BCUT2D eigenvalue weighted by Crippen LogP contribution is 2.11. The number of rotatable bonds is 9. The lowest BCUT2D eigenvalue weighted by molar-refractivity contribution is 0.252. The molecule has 0 radical (unpaired) electrons. The molecule has 2 aromatic rings. The van der Waals surface area contributed by atoms with Crippen molar-refractivity contribution in [2.45, 2.75) is 32.4 Å². The summed E-state index contributed by atoms with van der Waals surface area (Å²) in [5.74, 6) is 0.290. The van der Waals surface area contributed by atoms with Crippen LogP contribution in [0.1, 0.15) is 30.4 Å². The van der Waals surface area contributed by atoms with Crippen LogP contribution in [0.2, 0.25) is 0 Å². The fraction of sp³-hybridized carbons (Fsp3) is 0.316. The smallest absolute Gasteiger partial charge is 0.0905 e. The minimum atomic E-state index is 0.290. The maximum Gasteiger partial charge on any atom is 0.0905 e. The summed E-state index contributed by atoms with van der Waals surface area (Å²) < 4.78 is 0. The summed E-state index contributed by atoms with van der Waals surface area (Å²) in [4.78, 5) is 2.46. The van der Waals surface area contributed by atoms with E-state index in [0.717, 1.165) is 32.5 Å². The Balaban J connectivity index is 1.92. The topological polar surface area (TPSA) is 53.1 Å². The minimum Gasteiger partial charge on any atom is -0.388 e. The molecule has 116 valence electrons. The Hall–Kier alpha value is -2.13. The zero-order chi connectivity index (χ0) is 15.6. The van der Waals surface area contributed by atoms with Gasteiger partial charge in [-0.15, -0.1) is 0 Å². The van der Waals surface area contributed by atoms with E-state index in [0.29, 0.717) is 6.42 Å². The van der Waals surface area contributed by atoms with Crippen molar-refractivity contribution in [3.8, 4) is 0 Å². The van der Waals surface area contributed by atoms with Crippen LogP contribution in [0.5, 0.6) is 0 Å². The predicted molar refractivity (Wildman–Crippen MR) is 92.8 cm³/mol. The van der Waals surface area contributed by atoms with Crippen LogP contribution in [0.3, 0.4) is 0 Å². The van der Waals surface area contributed by atoms with Crippen LogP contribution < -0.4 is 5.73 Å². The zero-order valence-corrected chi connectivity index (χ0v) is 13.0. The number of nitrogens with two attached hydrogens (primary N) is 1. The standard InChI is InChI=1S/C19H25N3/c20-19(21)13-7-8-14-22(15-17-9-3-1-4-10-17)16-18-11-5-2-6-12-18/h1-6,9-12H,7-8,13-16H2,(H3,20,21). The first-order valence-corrected chi connectivity index (χ1v) is 7.87. The van der Waals surface area contributed by atoms with E-state index in [2.05, 4.69) is 65.6 Å². The molecule has 0 saturated carbocycles. The van der Waals surface area contributed by atoms with Crippen LogP contribution >= 0.6 is 0 Å². The molecule has 0 aromatic heterocycles. The third-order valence-electron chi connectivity index (χ3n) is 3.67. The van der Waals surface area contributed by atoms with E-state index in [1.54, 1.807) is 0 Å². The van der Waals surface area contributed by atoms with Gasteiger partial charge in [-0.05, 0) is 30.5 Å². The second-order valence-corrected chi connectivity index (χ2v) is 5.66. The number of benzene rings is 2. The van der Waals surface area contributed by atoms with Gasteiger partial charge in [-0.25, -0.2) is 0 Å². The molecule has 0 aliphatic rings. The number of hydrogen-bond acceptors (Lipinski definition) is 2. The molecule has 0 unspecified atom stereocenters. The van der Waals surface area contributed by atoms with Gasteiger partial charge in [0, 0.05) is 19.5 Å². The molecule has 0 spiro atoms. The average molecular weight is 295 g/mol. The van der Waals surface area contributed by atoms with E-state index in [-0.39, 0.29) is 5.84 Å². The van der Waals surface area contributed by atoms with Crippen LogP contribution in [0.4, 0.5) is 0 Å². The van der Waals surface area contributed by atoms with E-state index in [9.17, 15) is 0 Å². The van der Waals surface area contributed by atoms with Gasteiger partial charge in [-0.3, -0.25) is 10.3 Å². The van der Waals surface area contributed by atoms with Crippen molar-refractivity contribution >= 4 is 5.84 Å². The first-order valence-electron chi connectivity index (χ1n) is 7.87. The molecule has 2 aromatic carbocycles. The molecule has 0 saturated heterocycles. The average Bonchev–Trinajstić information content (AvgIpc) is 2.53. The summed E-state index contributed by atoms with van der Waals surface area (Å²) in [6.07, 6.45) is 2.75. The Morgan fingerprint density at radius 1 is 0.818 bits per heavy atom. The predicted octanol–water partition coefficient (Wildman–Crippen LogP) is 3.80. The Kier molecular flexibility index (Phi) is 6.65. The van der Waals surface area contributed by atoms with Crippen molar-refractivity contribution in [1.29, 1.82) is 5.41 Å². The monoisotopic (exact) mass is 295 g/mol. The molecule has 2 rings (SSSR count). The van der Waals surface area contributed by atoms with Crippen LogP contribution in [-0.2, 0) is 13.1 Å². The Morgan fingerprint density at radius 3 is 1.77 bits per heavy atom. The van der Waals surface area contributed by atoms with Crippen LogP contribution in [-0.4, -0.2) is 17.3 Å². The molecule has 0 heterocycles. The fourth-order valence-electron chi connectivity index (χ4n) is 2.55. The molecular weight excluding hydrogens is 270 g/mol. The Bertz CT molecular complexity index is 510. The highest BCUT2D eigenvalue weighted by atomic mass is 15.1. The van der Waals surface area contributed by atoms with Crippen molar-refractivity contribution in [2.75, 3.05) is 6.54 Å². The van der Waals surface area contributed by atoms with Gasteiger partial charge in [0.1, 0.15) is 0 Å². The van der Waals surface area contributed by atoms with Gasteiger partial charge < -0.3 is 5.73 Å². The first kappa shape index (κ1) is 16.2. The molecule has 22 heavy (non-hydrogen) atoms. The highest BCUT2D eigenvalue weighted by Gasteiger charge is 2.07. The van der Waals surface area contributed by atoms with Crippen LogP contribution in [0, 0.1) is 5.41 Å². The molecule has 0 bridgehead atoms. The molecule has 0 aliphatic heterocycles. The quantitative estimate of drug-likeness (QED) is 0.420. The van der Waals surface area contributed by atoms with Gasteiger partial charge in [0.05, 0.1) is 5.84 Å². The molecule has 0 amide bonds. The minimum absolute atomic E-state index is 0.290. The van der Waals surface area contributed by atoms with E-state index in [1.807, 2.05) is 0 Å². The first-order chi connectivity index (χ1) is 10.7. The lowest BCUT2D eigenvalue weighted by atomic mass is 10.1. The van der Waals surface area contributed by atoms with Crippen molar-refractivity contribution in [3.05, 3.63) is 71.8 Å². The van der Waals surface area contributed by atoms with E-state index >= 15 is 0 Å². The lowest BCUT2D eigenvalue weighted by Gasteiger charge is -2.22. The third kappa shape index (κ3) is 6.10. The molecule has 0 fully saturated rings. The number of nitrogens with zero attached hydrogens (tertiary/aromatic N) is 1. The van der Waals surface area contributed by atoms with E-state index in [4.69, 9.17) is 11.1 Å². The number of nitrogens with one attached hydrogen (secondary N) is 1. The van der Waals surface area contributed by atoms with Gasteiger partial charge in [0.15, 0.2) is 0 Å². The second kappa shape index (κ2) is 9.00. The summed E-state index contributed by atoms with van der Waals surface area (Å²) in [7, 11) is 0. The highest BCUT2D eigenvalue weighted by molar-refractivity contribution is 5.76. The van der Waals surface area contributed by atoms with E-state index < -0.39 is 0 Å². The molecule has 3 heteroatoms. The Labute approximate surface area is 133 Å². The third-order valence-corrected chi connectivity index (χ3v) is 3.67. The SMILES string of the molecule is N=C(N)CCCCN(Cc1ccccc1)Cc1ccccc1. The Morgan fingerprint density at radius 2 is 1.32 bits per heavy atom. The molecule has 3 N–H and O–H groups in total. The molecule has 0 atom stereocenters. The largest absolute Gasteiger partial charge is 0.388 e. The van der Waals surface area contributed by atoms with E-state index in [1.165, 1.54) is 11.1 Å². The van der Waals surface area contributed by atoms with Gasteiger partial charge in [-0.1, -0.05) is 60.7 Å². The van der Waals surface area contributed by atoms with Crippen molar-refractivity contribution in [2.24, 2.45) is 5.73 Å². The number of hydrogen-bond donors (Lipinski definition) is 2. The molecule has 0 aliphatic carbocycles. The fourth-order valence-corrected chi connectivity index (χ4v) is 2.55. The maximum atomic E-state index is 7.30. The van der Waals surface area contributed by atoms with Crippen molar-refractivity contribution in [3.63, 3.8) is 0 Å². The van der Waals surface area contributed by atoms with Crippen LogP contribution in [0.25, 0.3) is 0 Å². The van der Waals surface area contributed by atoms with Crippen molar-refractivity contribution in [1.82, 2.24) is 4.90 Å². The van der Waals surface area contributed by atoms with Gasteiger partial charge in [0.2, 0.25) is 0 Å². The van der Waals surface area contributed by atoms with Crippen LogP contribution in [0.15, 0.2) is 60.7 Å². The van der Waals surface area contributed by atoms with Crippen molar-refractivity contribution < 1.29 is 0 Å². The summed E-state index contributed by atoms with van der Waals surface area (Å²) in [5.41, 5.74) is 8.10. The maximum absolute atomic E-state index is 7.30. The number of amidine groups is 1. The molecular formula is C19H25N3. The zero-order valence-electron chi connectivity index (χ0n) is 13.0. The second-order valence-electron chi connectivity index (χ2n) is 5.66. The summed E-state index contributed by atoms with van der Waals surface area (Å²) in [5, 5.41) is 7.30. The summed E-state index contributed by atoms with van der Waals surface area (Å²) in [6.45, 7) is 2.93. The summed E-state index contributed by atoms with van der Waals surface area (Å²) in [6, 6.07) is 21.2. The molecule has 3 nitrogen and oxygen atoms in total. The lowest BCUT2D eigenvalue weighted by Crippen LogP contribution is -2.24. The van der Waals surface area contributed by atoms with Gasteiger partial charge in [-0.2, -0.15) is 0 Å². The normalized spacial score (nSPS) is 10.8.